The van der Waals surface area contributed by atoms with Crippen molar-refractivity contribution in [1.29, 1.82) is 5.26 Å². The summed E-state index contributed by atoms with van der Waals surface area (Å²) >= 11 is 0. The van der Waals surface area contributed by atoms with Gasteiger partial charge in [-0.2, -0.15) is 5.26 Å². The Kier molecular flexibility index (Phi) is 3.64. The number of hydrogen-bond acceptors (Lipinski definition) is 4. The summed E-state index contributed by atoms with van der Waals surface area (Å²) in [7, 11) is -2.88. The van der Waals surface area contributed by atoms with Crippen molar-refractivity contribution in [3.05, 3.63) is 35.1 Å². The Bertz CT molecular complexity index is 579. The third-order valence-electron chi connectivity index (χ3n) is 2.99. The van der Waals surface area contributed by atoms with Gasteiger partial charge in [0, 0.05) is 19.6 Å². The van der Waals surface area contributed by atoms with Gasteiger partial charge >= 0.3 is 0 Å². The van der Waals surface area contributed by atoms with Gasteiger partial charge < -0.3 is 0 Å². The fourth-order valence-corrected chi connectivity index (χ4v) is 3.20. The van der Waals surface area contributed by atoms with E-state index in [0.29, 0.717) is 19.6 Å². The van der Waals surface area contributed by atoms with E-state index in [1.165, 1.54) is 12.1 Å². The summed E-state index contributed by atoms with van der Waals surface area (Å²) in [6, 6.07) is 6.21. The number of nitrogens with zero attached hydrogens (tertiary/aromatic N) is 2. The first-order valence-electron chi connectivity index (χ1n) is 5.61. The lowest BCUT2D eigenvalue weighted by atomic mass is 10.1. The number of sulfone groups is 1. The van der Waals surface area contributed by atoms with E-state index < -0.39 is 15.7 Å². The molecule has 0 N–H and O–H groups in total. The molecule has 0 aromatic heterocycles. The second-order valence-corrected chi connectivity index (χ2v) is 6.66. The van der Waals surface area contributed by atoms with Gasteiger partial charge in [-0.15, -0.1) is 0 Å². The van der Waals surface area contributed by atoms with Crippen LogP contribution in [0.3, 0.4) is 0 Å². The monoisotopic (exact) mass is 268 g/mol. The van der Waals surface area contributed by atoms with Crippen molar-refractivity contribution in [3.63, 3.8) is 0 Å². The van der Waals surface area contributed by atoms with E-state index in [-0.39, 0.29) is 17.1 Å². The normalized spacial score (nSPS) is 19.3. The molecule has 0 bridgehead atoms. The van der Waals surface area contributed by atoms with Gasteiger partial charge in [-0.3, -0.25) is 4.90 Å². The molecule has 1 aliphatic heterocycles. The van der Waals surface area contributed by atoms with Gasteiger partial charge in [0.1, 0.15) is 11.9 Å². The molecule has 4 nitrogen and oxygen atoms in total. The average molecular weight is 268 g/mol. The lowest BCUT2D eigenvalue weighted by molar-refractivity contribution is 0.287. The third kappa shape index (κ3) is 3.06. The predicted octanol–water partition coefficient (Wildman–Crippen LogP) is 0.928. The number of benzene rings is 1. The minimum atomic E-state index is -2.88. The third-order valence-corrected chi connectivity index (χ3v) is 4.60. The lowest BCUT2D eigenvalue weighted by Crippen LogP contribution is -2.39. The topological polar surface area (TPSA) is 61.2 Å². The van der Waals surface area contributed by atoms with Crippen molar-refractivity contribution in [2.45, 2.75) is 6.54 Å². The van der Waals surface area contributed by atoms with Crippen molar-refractivity contribution < 1.29 is 12.8 Å². The Morgan fingerprint density at radius 2 is 2.00 bits per heavy atom. The van der Waals surface area contributed by atoms with Gasteiger partial charge in [-0.25, -0.2) is 12.8 Å². The SMILES string of the molecule is N#Cc1cc(CN2CCS(=O)(=O)CC2)ccc1F. The van der Waals surface area contributed by atoms with E-state index in [1.807, 2.05) is 4.90 Å². The van der Waals surface area contributed by atoms with Crippen LogP contribution in [0.4, 0.5) is 4.39 Å². The van der Waals surface area contributed by atoms with Crippen molar-refractivity contribution >= 4 is 9.84 Å². The van der Waals surface area contributed by atoms with E-state index >= 15 is 0 Å². The molecule has 2 rings (SSSR count). The molecule has 1 aromatic carbocycles. The van der Waals surface area contributed by atoms with Gasteiger partial charge in [0.25, 0.3) is 0 Å². The van der Waals surface area contributed by atoms with Crippen LogP contribution in [0.5, 0.6) is 0 Å². The molecule has 0 amide bonds. The first-order valence-corrected chi connectivity index (χ1v) is 7.43. The van der Waals surface area contributed by atoms with E-state index in [9.17, 15) is 12.8 Å². The Labute approximate surface area is 106 Å². The van der Waals surface area contributed by atoms with E-state index in [4.69, 9.17) is 5.26 Å². The van der Waals surface area contributed by atoms with Crippen LogP contribution in [0.2, 0.25) is 0 Å². The summed E-state index contributed by atoms with van der Waals surface area (Å²) in [6.45, 7) is 1.52. The zero-order valence-corrected chi connectivity index (χ0v) is 10.6. The van der Waals surface area contributed by atoms with Crippen molar-refractivity contribution in [2.24, 2.45) is 0 Å². The second-order valence-electron chi connectivity index (χ2n) is 4.35. The fourth-order valence-electron chi connectivity index (χ4n) is 1.92. The molecule has 1 heterocycles. The summed E-state index contributed by atoms with van der Waals surface area (Å²) in [4.78, 5) is 2.00. The molecule has 0 unspecified atom stereocenters. The van der Waals surface area contributed by atoms with Crippen molar-refractivity contribution in [3.8, 4) is 6.07 Å². The molecule has 0 aliphatic carbocycles. The molecule has 6 heteroatoms. The maximum Gasteiger partial charge on any atom is 0.152 e. The zero-order chi connectivity index (χ0) is 13.2. The van der Waals surface area contributed by atoms with E-state index in [0.717, 1.165) is 5.56 Å². The highest BCUT2D eigenvalue weighted by Gasteiger charge is 2.21. The van der Waals surface area contributed by atoms with Gasteiger partial charge in [-0.05, 0) is 17.7 Å². The van der Waals surface area contributed by atoms with E-state index in [2.05, 4.69) is 0 Å². The molecule has 1 aromatic rings. The predicted molar refractivity (Wildman–Crippen MR) is 65.0 cm³/mol. The molecule has 1 fully saturated rings. The number of rotatable bonds is 2. The van der Waals surface area contributed by atoms with E-state index in [1.54, 1.807) is 12.1 Å². The molecule has 1 saturated heterocycles. The second kappa shape index (κ2) is 5.04. The molecule has 0 spiro atoms. The van der Waals surface area contributed by atoms with Gasteiger partial charge in [-0.1, -0.05) is 6.07 Å². The minimum absolute atomic E-state index is 0.0251. The number of halogens is 1. The molecule has 96 valence electrons. The van der Waals surface area contributed by atoms with Crippen LogP contribution in [0, 0.1) is 17.1 Å². The summed E-state index contributed by atoms with van der Waals surface area (Å²) in [5, 5.41) is 8.73. The van der Waals surface area contributed by atoms with Gasteiger partial charge in [0.15, 0.2) is 9.84 Å². The highest BCUT2D eigenvalue weighted by molar-refractivity contribution is 7.91. The van der Waals surface area contributed by atoms with Gasteiger partial charge in [0.2, 0.25) is 0 Å². The molecule has 18 heavy (non-hydrogen) atoms. The summed E-state index contributed by atoms with van der Waals surface area (Å²) in [5.41, 5.74) is 0.851. The Balaban J connectivity index is 2.05. The van der Waals surface area contributed by atoms with Gasteiger partial charge in [0.05, 0.1) is 17.1 Å². The Hall–Kier alpha value is -1.45. The number of hydrogen-bond donors (Lipinski definition) is 0. The largest absolute Gasteiger partial charge is 0.297 e. The Morgan fingerprint density at radius 1 is 1.33 bits per heavy atom. The lowest BCUT2D eigenvalue weighted by Gasteiger charge is -2.26. The van der Waals surface area contributed by atoms with Crippen LogP contribution in [0.25, 0.3) is 0 Å². The highest BCUT2D eigenvalue weighted by Crippen LogP contribution is 2.13. The molecule has 0 saturated carbocycles. The highest BCUT2D eigenvalue weighted by atomic mass is 32.2. The van der Waals surface area contributed by atoms with Crippen LogP contribution in [-0.2, 0) is 16.4 Å². The fraction of sp³-hybridized carbons (Fsp3) is 0.417. The number of nitriles is 1. The zero-order valence-electron chi connectivity index (χ0n) is 9.76. The molecular formula is C12H13FN2O2S. The van der Waals surface area contributed by atoms with Crippen LogP contribution < -0.4 is 0 Å². The standard InChI is InChI=1S/C12H13FN2O2S/c13-12-2-1-10(7-11(12)8-14)9-15-3-5-18(16,17)6-4-15/h1-2,7H,3-6,9H2. The Morgan fingerprint density at radius 3 is 2.61 bits per heavy atom. The first-order chi connectivity index (χ1) is 8.50. The quantitative estimate of drug-likeness (QED) is 0.800. The maximum atomic E-state index is 13.1. The summed E-state index contributed by atoms with van der Waals surface area (Å²) < 4.78 is 35.7. The van der Waals surface area contributed by atoms with Crippen LogP contribution in [0.1, 0.15) is 11.1 Å². The van der Waals surface area contributed by atoms with Crippen LogP contribution >= 0.6 is 0 Å². The smallest absolute Gasteiger partial charge is 0.152 e. The maximum absolute atomic E-state index is 13.1. The van der Waals surface area contributed by atoms with Crippen LogP contribution in [-0.4, -0.2) is 37.9 Å². The van der Waals surface area contributed by atoms with Crippen molar-refractivity contribution in [1.82, 2.24) is 4.90 Å². The summed E-state index contributed by atoms with van der Waals surface area (Å²) in [5.74, 6) is -0.194. The molecule has 1 aliphatic rings. The van der Waals surface area contributed by atoms with Crippen molar-refractivity contribution in [2.75, 3.05) is 24.6 Å². The molecule has 0 atom stereocenters. The minimum Gasteiger partial charge on any atom is -0.297 e. The van der Waals surface area contributed by atoms with Crippen LogP contribution in [0.15, 0.2) is 18.2 Å². The first kappa shape index (κ1) is 13.0. The summed E-state index contributed by atoms with van der Waals surface area (Å²) in [6.07, 6.45) is 0. The molecule has 0 radical (unpaired) electrons. The molecular weight excluding hydrogens is 255 g/mol. The average Bonchev–Trinajstić information content (AvgIpc) is 2.34.